The standard InChI is InChI=1S/C12H16BrFN2/c1-16-4-2-11(3-5-16)15-12-7-9(13)6-10(14)8-12/h6-8,11,15H,2-5H2,1H3. The van der Waals surface area contributed by atoms with E-state index in [1.807, 2.05) is 6.07 Å². The minimum atomic E-state index is -0.204. The molecule has 0 unspecified atom stereocenters. The van der Waals surface area contributed by atoms with E-state index in [-0.39, 0.29) is 5.82 Å². The lowest BCUT2D eigenvalue weighted by atomic mass is 10.1. The molecule has 0 saturated carbocycles. The van der Waals surface area contributed by atoms with Crippen LogP contribution in [0.5, 0.6) is 0 Å². The van der Waals surface area contributed by atoms with E-state index in [4.69, 9.17) is 0 Å². The SMILES string of the molecule is CN1CCC(Nc2cc(F)cc(Br)c2)CC1. The molecule has 1 heterocycles. The number of nitrogens with zero attached hydrogens (tertiary/aromatic N) is 1. The lowest BCUT2D eigenvalue weighted by Gasteiger charge is -2.30. The Morgan fingerprint density at radius 3 is 2.62 bits per heavy atom. The fourth-order valence-corrected chi connectivity index (χ4v) is 2.49. The van der Waals surface area contributed by atoms with Crippen LogP contribution in [-0.2, 0) is 0 Å². The number of halogens is 2. The maximum absolute atomic E-state index is 13.2. The molecule has 0 radical (unpaired) electrons. The molecule has 0 amide bonds. The molecule has 0 aromatic heterocycles. The first-order valence-electron chi connectivity index (χ1n) is 5.54. The van der Waals surface area contributed by atoms with Crippen molar-refractivity contribution in [3.8, 4) is 0 Å². The van der Waals surface area contributed by atoms with Gasteiger partial charge in [0, 0.05) is 16.2 Å². The Hall–Kier alpha value is -0.610. The first-order valence-corrected chi connectivity index (χ1v) is 6.34. The Morgan fingerprint density at radius 2 is 2.00 bits per heavy atom. The van der Waals surface area contributed by atoms with Crippen LogP contribution in [-0.4, -0.2) is 31.1 Å². The Balaban J connectivity index is 1.98. The van der Waals surface area contributed by atoms with Crippen molar-refractivity contribution in [1.82, 2.24) is 4.90 Å². The summed E-state index contributed by atoms with van der Waals surface area (Å²) in [7, 11) is 2.13. The summed E-state index contributed by atoms with van der Waals surface area (Å²) < 4.78 is 13.9. The van der Waals surface area contributed by atoms with Gasteiger partial charge in [0.1, 0.15) is 5.82 Å². The summed E-state index contributed by atoms with van der Waals surface area (Å²) in [6.45, 7) is 2.21. The van der Waals surface area contributed by atoms with E-state index in [0.717, 1.165) is 36.1 Å². The third-order valence-electron chi connectivity index (χ3n) is 2.95. The number of hydrogen-bond donors (Lipinski definition) is 1. The molecule has 1 aromatic carbocycles. The molecule has 4 heteroatoms. The number of rotatable bonds is 2. The quantitative estimate of drug-likeness (QED) is 0.899. The number of benzene rings is 1. The summed E-state index contributed by atoms with van der Waals surface area (Å²) in [6, 6.07) is 5.40. The van der Waals surface area contributed by atoms with E-state index in [1.54, 1.807) is 6.07 Å². The predicted octanol–water partition coefficient (Wildman–Crippen LogP) is 3.09. The predicted molar refractivity (Wildman–Crippen MR) is 68.2 cm³/mol. The number of piperidine rings is 1. The van der Waals surface area contributed by atoms with Crippen LogP contribution in [0.15, 0.2) is 22.7 Å². The third kappa shape index (κ3) is 3.19. The van der Waals surface area contributed by atoms with Crippen molar-refractivity contribution < 1.29 is 4.39 Å². The lowest BCUT2D eigenvalue weighted by Crippen LogP contribution is -2.36. The molecule has 0 bridgehead atoms. The van der Waals surface area contributed by atoms with Gasteiger partial charge in [0.15, 0.2) is 0 Å². The van der Waals surface area contributed by atoms with E-state index < -0.39 is 0 Å². The van der Waals surface area contributed by atoms with Crippen LogP contribution in [0, 0.1) is 5.82 Å². The van der Waals surface area contributed by atoms with Crippen molar-refractivity contribution in [3.05, 3.63) is 28.5 Å². The highest BCUT2D eigenvalue weighted by atomic mass is 79.9. The van der Waals surface area contributed by atoms with E-state index in [1.165, 1.54) is 6.07 Å². The van der Waals surface area contributed by atoms with Gasteiger partial charge in [-0.05, 0) is 51.2 Å². The third-order valence-corrected chi connectivity index (χ3v) is 3.41. The molecule has 2 nitrogen and oxygen atoms in total. The largest absolute Gasteiger partial charge is 0.382 e. The molecular formula is C12H16BrFN2. The maximum Gasteiger partial charge on any atom is 0.126 e. The molecule has 1 aromatic rings. The molecule has 88 valence electrons. The number of likely N-dealkylation sites (tertiary alicyclic amines) is 1. The van der Waals surface area contributed by atoms with Gasteiger partial charge in [-0.15, -0.1) is 0 Å². The van der Waals surface area contributed by atoms with Crippen molar-refractivity contribution in [3.63, 3.8) is 0 Å². The zero-order valence-corrected chi connectivity index (χ0v) is 10.9. The maximum atomic E-state index is 13.2. The molecule has 0 atom stereocenters. The van der Waals surface area contributed by atoms with Crippen molar-refractivity contribution in [2.75, 3.05) is 25.5 Å². The van der Waals surface area contributed by atoms with Crippen LogP contribution >= 0.6 is 15.9 Å². The normalized spacial score (nSPS) is 18.7. The van der Waals surface area contributed by atoms with Gasteiger partial charge in [0.2, 0.25) is 0 Å². The average Bonchev–Trinajstić information content (AvgIpc) is 2.20. The second kappa shape index (κ2) is 5.15. The molecule has 1 aliphatic rings. The van der Waals surface area contributed by atoms with Crippen molar-refractivity contribution in [2.45, 2.75) is 18.9 Å². The minimum Gasteiger partial charge on any atom is -0.382 e. The van der Waals surface area contributed by atoms with Crippen LogP contribution in [0.2, 0.25) is 0 Å². The monoisotopic (exact) mass is 286 g/mol. The molecule has 0 aliphatic carbocycles. The second-order valence-corrected chi connectivity index (χ2v) is 5.30. The van der Waals surface area contributed by atoms with Crippen LogP contribution < -0.4 is 5.32 Å². The Morgan fingerprint density at radius 1 is 1.31 bits per heavy atom. The lowest BCUT2D eigenvalue weighted by molar-refractivity contribution is 0.264. The van der Waals surface area contributed by atoms with Crippen LogP contribution in [0.3, 0.4) is 0 Å². The van der Waals surface area contributed by atoms with Crippen LogP contribution in [0.25, 0.3) is 0 Å². The molecule has 1 fully saturated rings. The Bertz CT molecular complexity index is 342. The highest BCUT2D eigenvalue weighted by molar-refractivity contribution is 9.10. The Kier molecular flexibility index (Phi) is 3.82. The van der Waals surface area contributed by atoms with Gasteiger partial charge in [-0.1, -0.05) is 15.9 Å². The highest BCUT2D eigenvalue weighted by Crippen LogP contribution is 2.21. The summed E-state index contributed by atoms with van der Waals surface area (Å²) >= 11 is 3.30. The molecule has 16 heavy (non-hydrogen) atoms. The van der Waals surface area contributed by atoms with Gasteiger partial charge in [-0.3, -0.25) is 0 Å². The number of anilines is 1. The van der Waals surface area contributed by atoms with Crippen LogP contribution in [0.1, 0.15) is 12.8 Å². The summed E-state index contributed by atoms with van der Waals surface area (Å²) in [5.74, 6) is -0.204. The van der Waals surface area contributed by atoms with Crippen LogP contribution in [0.4, 0.5) is 10.1 Å². The molecule has 1 aliphatic heterocycles. The molecule has 1 N–H and O–H groups in total. The summed E-state index contributed by atoms with van der Waals surface area (Å²) in [4.78, 5) is 2.32. The highest BCUT2D eigenvalue weighted by Gasteiger charge is 2.16. The molecular weight excluding hydrogens is 271 g/mol. The van der Waals surface area contributed by atoms with E-state index in [9.17, 15) is 4.39 Å². The van der Waals surface area contributed by atoms with E-state index in [2.05, 4.69) is 33.2 Å². The van der Waals surface area contributed by atoms with Gasteiger partial charge < -0.3 is 10.2 Å². The first-order chi connectivity index (χ1) is 7.63. The topological polar surface area (TPSA) is 15.3 Å². The zero-order chi connectivity index (χ0) is 11.5. The van der Waals surface area contributed by atoms with Crippen molar-refractivity contribution >= 4 is 21.6 Å². The van der Waals surface area contributed by atoms with Crippen molar-refractivity contribution in [2.24, 2.45) is 0 Å². The summed E-state index contributed by atoms with van der Waals surface area (Å²) in [5, 5.41) is 3.39. The van der Waals surface area contributed by atoms with E-state index >= 15 is 0 Å². The Labute approximate surface area is 104 Å². The van der Waals surface area contributed by atoms with Gasteiger partial charge in [-0.2, -0.15) is 0 Å². The fraction of sp³-hybridized carbons (Fsp3) is 0.500. The fourth-order valence-electron chi connectivity index (χ4n) is 2.03. The molecule has 2 rings (SSSR count). The summed E-state index contributed by atoms with van der Waals surface area (Å²) in [5.41, 5.74) is 0.862. The molecule has 0 spiro atoms. The number of nitrogens with one attached hydrogen (secondary N) is 1. The first kappa shape index (κ1) is 11.9. The molecule has 1 saturated heterocycles. The average molecular weight is 287 g/mol. The van der Waals surface area contributed by atoms with Gasteiger partial charge >= 0.3 is 0 Å². The minimum absolute atomic E-state index is 0.204. The van der Waals surface area contributed by atoms with Gasteiger partial charge in [-0.25, -0.2) is 4.39 Å². The van der Waals surface area contributed by atoms with E-state index in [0.29, 0.717) is 6.04 Å². The second-order valence-electron chi connectivity index (χ2n) is 4.38. The van der Waals surface area contributed by atoms with Gasteiger partial charge in [0.05, 0.1) is 0 Å². The zero-order valence-electron chi connectivity index (χ0n) is 9.34. The van der Waals surface area contributed by atoms with Crippen molar-refractivity contribution in [1.29, 1.82) is 0 Å². The number of hydrogen-bond acceptors (Lipinski definition) is 2. The smallest absolute Gasteiger partial charge is 0.126 e. The summed E-state index contributed by atoms with van der Waals surface area (Å²) in [6.07, 6.45) is 2.23. The van der Waals surface area contributed by atoms with Gasteiger partial charge in [0.25, 0.3) is 0 Å².